The number of hydrogen-bond donors (Lipinski definition) is 1. The first-order chi connectivity index (χ1) is 8.16. The van der Waals surface area contributed by atoms with Gasteiger partial charge in [-0.3, -0.25) is 0 Å². The summed E-state index contributed by atoms with van der Waals surface area (Å²) in [5, 5.41) is 4.16. The largest absolute Gasteiger partial charge is 0.380 e. The van der Waals surface area contributed by atoms with Gasteiger partial charge in [-0.05, 0) is 24.3 Å². The van der Waals surface area contributed by atoms with Crippen LogP contribution in [0.15, 0.2) is 42.5 Å². The van der Waals surface area contributed by atoms with Gasteiger partial charge in [0.1, 0.15) is 5.82 Å². The molecule has 1 nitrogen and oxygen atoms in total. The molecule has 0 fully saturated rings. The highest BCUT2D eigenvalue weighted by Crippen LogP contribution is 2.25. The van der Waals surface area contributed by atoms with E-state index in [1.54, 1.807) is 36.4 Å². The molecule has 0 atom stereocenters. The normalized spacial score (nSPS) is 10.3. The van der Waals surface area contributed by atoms with Gasteiger partial charge < -0.3 is 5.32 Å². The van der Waals surface area contributed by atoms with E-state index in [1.807, 2.05) is 0 Å². The molecule has 0 aliphatic carbocycles. The second-order valence-electron chi connectivity index (χ2n) is 3.57. The highest BCUT2D eigenvalue weighted by molar-refractivity contribution is 6.36. The highest BCUT2D eigenvalue weighted by atomic mass is 35.5. The van der Waals surface area contributed by atoms with Gasteiger partial charge in [-0.15, -0.1) is 0 Å². The number of anilines is 1. The maximum absolute atomic E-state index is 13.4. The zero-order valence-electron chi connectivity index (χ0n) is 8.88. The molecule has 2 aromatic rings. The molecule has 0 aromatic heterocycles. The second-order valence-corrected chi connectivity index (χ2v) is 4.41. The average molecular weight is 270 g/mol. The van der Waals surface area contributed by atoms with Crippen molar-refractivity contribution in [3.05, 3.63) is 63.9 Å². The van der Waals surface area contributed by atoms with Gasteiger partial charge in [0, 0.05) is 17.1 Å². The Morgan fingerprint density at radius 2 is 1.82 bits per heavy atom. The molecule has 88 valence electrons. The summed E-state index contributed by atoms with van der Waals surface area (Å²) in [6, 6.07) is 11.8. The first-order valence-electron chi connectivity index (χ1n) is 5.09. The molecule has 4 heteroatoms. The Balaban J connectivity index is 2.10. The monoisotopic (exact) mass is 269 g/mol. The summed E-state index contributed by atoms with van der Waals surface area (Å²) < 4.78 is 13.4. The predicted octanol–water partition coefficient (Wildman–Crippen LogP) is 4.74. The van der Waals surface area contributed by atoms with E-state index in [0.717, 1.165) is 5.69 Å². The molecule has 0 amide bonds. The molecule has 0 spiro atoms. The van der Waals surface area contributed by atoms with Crippen molar-refractivity contribution in [2.75, 3.05) is 5.32 Å². The summed E-state index contributed by atoms with van der Waals surface area (Å²) in [5.41, 5.74) is 1.33. The van der Waals surface area contributed by atoms with Crippen LogP contribution in [-0.4, -0.2) is 0 Å². The fourth-order valence-corrected chi connectivity index (χ4v) is 1.94. The summed E-state index contributed by atoms with van der Waals surface area (Å²) in [4.78, 5) is 0. The third kappa shape index (κ3) is 3.11. The van der Waals surface area contributed by atoms with Gasteiger partial charge in [0.15, 0.2) is 0 Å². The highest BCUT2D eigenvalue weighted by Gasteiger charge is 2.03. The molecule has 2 rings (SSSR count). The Hall–Kier alpha value is -1.25. The average Bonchev–Trinajstić information content (AvgIpc) is 2.30. The number of benzene rings is 2. The molecule has 0 radical (unpaired) electrons. The molecule has 0 saturated carbocycles. The standard InChI is InChI=1S/C13H10Cl2FN/c14-10-5-6-13(11(15)7-10)17-8-9-3-1-2-4-12(9)16/h1-7,17H,8H2. The lowest BCUT2D eigenvalue weighted by molar-refractivity contribution is 0.613. The topological polar surface area (TPSA) is 12.0 Å². The van der Waals surface area contributed by atoms with Crippen molar-refractivity contribution in [1.82, 2.24) is 0 Å². The van der Waals surface area contributed by atoms with Crippen LogP contribution in [0.3, 0.4) is 0 Å². The summed E-state index contributed by atoms with van der Waals surface area (Å²) in [6.45, 7) is 0.383. The van der Waals surface area contributed by atoms with Crippen LogP contribution >= 0.6 is 23.2 Å². The van der Waals surface area contributed by atoms with Crippen LogP contribution in [0.5, 0.6) is 0 Å². The SMILES string of the molecule is Fc1ccccc1CNc1ccc(Cl)cc1Cl. The van der Waals surface area contributed by atoms with Crippen molar-refractivity contribution in [3.63, 3.8) is 0 Å². The zero-order valence-corrected chi connectivity index (χ0v) is 10.4. The van der Waals surface area contributed by atoms with Crippen LogP contribution in [0.1, 0.15) is 5.56 Å². The smallest absolute Gasteiger partial charge is 0.128 e. The van der Waals surface area contributed by atoms with Gasteiger partial charge in [-0.25, -0.2) is 4.39 Å². The van der Waals surface area contributed by atoms with E-state index in [1.165, 1.54) is 6.07 Å². The number of rotatable bonds is 3. The fraction of sp³-hybridized carbons (Fsp3) is 0.0769. The van der Waals surface area contributed by atoms with Gasteiger partial charge in [-0.2, -0.15) is 0 Å². The molecular formula is C13H10Cl2FN. The van der Waals surface area contributed by atoms with Crippen molar-refractivity contribution < 1.29 is 4.39 Å². The molecular weight excluding hydrogens is 260 g/mol. The number of halogens is 3. The summed E-state index contributed by atoms with van der Waals surface area (Å²) in [7, 11) is 0. The van der Waals surface area contributed by atoms with Crippen molar-refractivity contribution in [3.8, 4) is 0 Å². The van der Waals surface area contributed by atoms with Crippen LogP contribution in [0, 0.1) is 5.82 Å². The molecule has 0 heterocycles. The summed E-state index contributed by atoms with van der Waals surface area (Å²) >= 11 is 11.8. The molecule has 0 bridgehead atoms. The molecule has 0 unspecified atom stereocenters. The molecule has 0 aliphatic rings. The van der Waals surface area contributed by atoms with Crippen molar-refractivity contribution in [2.45, 2.75) is 6.54 Å². The summed E-state index contributed by atoms with van der Waals surface area (Å²) in [5.74, 6) is -0.231. The Morgan fingerprint density at radius 1 is 1.06 bits per heavy atom. The van der Waals surface area contributed by atoms with Gasteiger partial charge in [0.2, 0.25) is 0 Å². The van der Waals surface area contributed by atoms with E-state index in [-0.39, 0.29) is 5.82 Å². The third-order valence-corrected chi connectivity index (χ3v) is 2.91. The van der Waals surface area contributed by atoms with Gasteiger partial charge in [-0.1, -0.05) is 41.4 Å². The minimum atomic E-state index is -0.231. The van der Waals surface area contributed by atoms with E-state index >= 15 is 0 Å². The molecule has 0 aliphatic heterocycles. The lowest BCUT2D eigenvalue weighted by Crippen LogP contribution is -2.01. The molecule has 17 heavy (non-hydrogen) atoms. The summed E-state index contributed by atoms with van der Waals surface area (Å²) in [6.07, 6.45) is 0. The number of hydrogen-bond acceptors (Lipinski definition) is 1. The minimum Gasteiger partial charge on any atom is -0.380 e. The molecule has 0 saturated heterocycles. The fourth-order valence-electron chi connectivity index (χ4n) is 1.47. The lowest BCUT2D eigenvalue weighted by atomic mass is 10.2. The van der Waals surface area contributed by atoms with Gasteiger partial charge >= 0.3 is 0 Å². The van der Waals surface area contributed by atoms with E-state index in [9.17, 15) is 4.39 Å². The minimum absolute atomic E-state index is 0.231. The maximum Gasteiger partial charge on any atom is 0.128 e. The van der Waals surface area contributed by atoms with Crippen molar-refractivity contribution in [2.24, 2.45) is 0 Å². The zero-order chi connectivity index (χ0) is 12.3. The van der Waals surface area contributed by atoms with Gasteiger partial charge in [0.05, 0.1) is 10.7 Å². The molecule has 1 N–H and O–H groups in total. The van der Waals surface area contributed by atoms with Crippen molar-refractivity contribution >= 4 is 28.9 Å². The second kappa shape index (κ2) is 5.39. The van der Waals surface area contributed by atoms with Crippen LogP contribution in [0.4, 0.5) is 10.1 Å². The third-order valence-electron chi connectivity index (χ3n) is 2.36. The first kappa shape index (κ1) is 12.2. The number of nitrogens with one attached hydrogen (secondary N) is 1. The quantitative estimate of drug-likeness (QED) is 0.849. The van der Waals surface area contributed by atoms with E-state index < -0.39 is 0 Å². The maximum atomic E-state index is 13.4. The van der Waals surface area contributed by atoms with Crippen LogP contribution in [0.25, 0.3) is 0 Å². The Labute approximate surface area is 109 Å². The van der Waals surface area contributed by atoms with Crippen LogP contribution in [0.2, 0.25) is 10.0 Å². The Kier molecular flexibility index (Phi) is 3.87. The lowest BCUT2D eigenvalue weighted by Gasteiger charge is -2.09. The van der Waals surface area contributed by atoms with Crippen LogP contribution < -0.4 is 5.32 Å². The predicted molar refractivity (Wildman–Crippen MR) is 70.2 cm³/mol. The Bertz CT molecular complexity index is 529. The Morgan fingerprint density at radius 3 is 2.53 bits per heavy atom. The van der Waals surface area contributed by atoms with E-state index in [4.69, 9.17) is 23.2 Å². The van der Waals surface area contributed by atoms with Crippen molar-refractivity contribution in [1.29, 1.82) is 0 Å². The van der Waals surface area contributed by atoms with Gasteiger partial charge in [0.25, 0.3) is 0 Å². The van der Waals surface area contributed by atoms with Crippen LogP contribution in [-0.2, 0) is 6.54 Å². The first-order valence-corrected chi connectivity index (χ1v) is 5.85. The van der Waals surface area contributed by atoms with E-state index in [0.29, 0.717) is 22.2 Å². The van der Waals surface area contributed by atoms with E-state index in [2.05, 4.69) is 5.32 Å². The molecule has 2 aromatic carbocycles.